The first-order chi connectivity index (χ1) is 13.5. The van der Waals surface area contributed by atoms with Gasteiger partial charge in [-0.25, -0.2) is 15.0 Å². The average Bonchev–Trinajstić information content (AvgIpc) is 3.33. The summed E-state index contributed by atoms with van der Waals surface area (Å²) >= 11 is 1.97. The summed E-state index contributed by atoms with van der Waals surface area (Å²) in [5, 5.41) is 1.34. The molecular formula is C22H31N5S. The first-order valence-electron chi connectivity index (χ1n) is 10.7. The topological polar surface area (TPSA) is 45.2 Å². The van der Waals surface area contributed by atoms with Crippen LogP contribution in [0.1, 0.15) is 54.9 Å². The molecule has 2 aromatic rings. The van der Waals surface area contributed by atoms with Crippen LogP contribution in [-0.4, -0.2) is 46.0 Å². The second-order valence-corrected chi connectivity index (χ2v) is 11.0. The monoisotopic (exact) mass is 397 g/mol. The van der Waals surface area contributed by atoms with Crippen molar-refractivity contribution in [2.45, 2.75) is 58.4 Å². The number of anilines is 1. The van der Waals surface area contributed by atoms with Gasteiger partial charge in [-0.15, -0.1) is 11.3 Å². The van der Waals surface area contributed by atoms with Crippen LogP contribution in [0, 0.1) is 11.8 Å². The number of aromatic nitrogens is 3. The third-order valence-electron chi connectivity index (χ3n) is 6.56. The third-order valence-corrected chi connectivity index (χ3v) is 7.70. The van der Waals surface area contributed by atoms with Gasteiger partial charge in [-0.05, 0) is 37.5 Å². The van der Waals surface area contributed by atoms with Crippen molar-refractivity contribution < 1.29 is 0 Å². The smallest absolute Gasteiger partial charge is 0.132 e. The first-order valence-corrected chi connectivity index (χ1v) is 11.5. The van der Waals surface area contributed by atoms with Crippen LogP contribution in [0.25, 0.3) is 0 Å². The standard InChI is InChI=1S/C22H31N5S/c1-22(2,3)19-8-20(24-14-23-19)27-11-15-9-26(10-16(15)12-27)13-21-25-17-6-4-5-7-18(17)28-21/h8,14-16H,4-7,9-13H2,1-3H3. The predicted octanol–water partition coefficient (Wildman–Crippen LogP) is 3.68. The van der Waals surface area contributed by atoms with Gasteiger partial charge in [0.05, 0.1) is 17.9 Å². The van der Waals surface area contributed by atoms with Crippen molar-refractivity contribution in [1.29, 1.82) is 0 Å². The molecule has 2 fully saturated rings. The van der Waals surface area contributed by atoms with Crippen molar-refractivity contribution in [3.05, 3.63) is 33.7 Å². The van der Waals surface area contributed by atoms with Gasteiger partial charge in [-0.1, -0.05) is 20.8 Å². The van der Waals surface area contributed by atoms with Crippen LogP contribution >= 0.6 is 11.3 Å². The number of aryl methyl sites for hydroxylation is 2. The summed E-state index contributed by atoms with van der Waals surface area (Å²) in [5.41, 5.74) is 2.59. The van der Waals surface area contributed by atoms with Crippen molar-refractivity contribution in [1.82, 2.24) is 19.9 Å². The Kier molecular flexibility index (Phi) is 4.67. The number of nitrogens with zero attached hydrogens (tertiary/aromatic N) is 5. The summed E-state index contributed by atoms with van der Waals surface area (Å²) in [4.78, 5) is 20.7. The molecule has 0 saturated carbocycles. The Morgan fingerprint density at radius 3 is 2.50 bits per heavy atom. The zero-order valence-corrected chi connectivity index (χ0v) is 18.1. The fourth-order valence-corrected chi connectivity index (χ4v) is 6.20. The molecule has 0 radical (unpaired) electrons. The quantitative estimate of drug-likeness (QED) is 0.791. The first kappa shape index (κ1) is 18.5. The van der Waals surface area contributed by atoms with Gasteiger partial charge in [0.2, 0.25) is 0 Å². The predicted molar refractivity (Wildman–Crippen MR) is 114 cm³/mol. The lowest BCUT2D eigenvalue weighted by Gasteiger charge is -2.24. The summed E-state index contributed by atoms with van der Waals surface area (Å²) in [7, 11) is 0. The summed E-state index contributed by atoms with van der Waals surface area (Å²) in [6.45, 7) is 12.3. The van der Waals surface area contributed by atoms with Gasteiger partial charge in [0.1, 0.15) is 17.2 Å². The van der Waals surface area contributed by atoms with E-state index < -0.39 is 0 Å². The van der Waals surface area contributed by atoms with E-state index in [0.29, 0.717) is 0 Å². The molecule has 3 aliphatic rings. The zero-order valence-electron chi connectivity index (χ0n) is 17.3. The van der Waals surface area contributed by atoms with E-state index in [4.69, 9.17) is 4.98 Å². The number of fused-ring (bicyclic) bond motifs is 2. The molecule has 0 spiro atoms. The molecule has 1 aliphatic carbocycles. The maximum Gasteiger partial charge on any atom is 0.132 e. The molecule has 2 saturated heterocycles. The highest BCUT2D eigenvalue weighted by Crippen LogP contribution is 2.35. The van der Waals surface area contributed by atoms with Gasteiger partial charge in [-0.3, -0.25) is 4.90 Å². The number of thiazole rings is 1. The largest absolute Gasteiger partial charge is 0.356 e. The van der Waals surface area contributed by atoms with E-state index in [9.17, 15) is 0 Å². The van der Waals surface area contributed by atoms with E-state index in [1.807, 2.05) is 11.3 Å². The van der Waals surface area contributed by atoms with Crippen LogP contribution in [0.5, 0.6) is 0 Å². The van der Waals surface area contributed by atoms with Crippen LogP contribution in [0.4, 0.5) is 5.82 Å². The molecule has 0 bridgehead atoms. The van der Waals surface area contributed by atoms with E-state index in [1.165, 1.54) is 49.5 Å². The van der Waals surface area contributed by atoms with Crippen LogP contribution in [0.3, 0.4) is 0 Å². The fourth-order valence-electron chi connectivity index (χ4n) is 5.00. The van der Waals surface area contributed by atoms with Crippen LogP contribution < -0.4 is 4.90 Å². The zero-order chi connectivity index (χ0) is 19.3. The summed E-state index contributed by atoms with van der Waals surface area (Å²) in [6, 6.07) is 2.19. The van der Waals surface area contributed by atoms with Crippen molar-refractivity contribution in [3.8, 4) is 0 Å². The number of hydrogen-bond acceptors (Lipinski definition) is 6. The van der Waals surface area contributed by atoms with Gasteiger partial charge >= 0.3 is 0 Å². The molecule has 2 aromatic heterocycles. The van der Waals surface area contributed by atoms with Gasteiger partial charge < -0.3 is 4.90 Å². The average molecular weight is 398 g/mol. The molecule has 2 unspecified atom stereocenters. The molecule has 4 heterocycles. The Morgan fingerprint density at radius 2 is 1.79 bits per heavy atom. The van der Waals surface area contributed by atoms with Crippen molar-refractivity contribution in [2.24, 2.45) is 11.8 Å². The van der Waals surface area contributed by atoms with Crippen molar-refractivity contribution in [2.75, 3.05) is 31.1 Å². The molecule has 2 aliphatic heterocycles. The second kappa shape index (κ2) is 7.06. The van der Waals surface area contributed by atoms with Gasteiger partial charge in [0.25, 0.3) is 0 Å². The van der Waals surface area contributed by atoms with E-state index in [-0.39, 0.29) is 5.41 Å². The van der Waals surface area contributed by atoms with Crippen LogP contribution in [-0.2, 0) is 24.8 Å². The second-order valence-electron chi connectivity index (χ2n) is 9.82. The lowest BCUT2D eigenvalue weighted by atomic mass is 9.92. The SMILES string of the molecule is CC(C)(C)c1cc(N2CC3CN(Cc4nc5c(s4)CCCC5)CC3C2)ncn1. The van der Waals surface area contributed by atoms with E-state index >= 15 is 0 Å². The summed E-state index contributed by atoms with van der Waals surface area (Å²) in [6.07, 6.45) is 6.85. The van der Waals surface area contributed by atoms with Gasteiger partial charge in [0.15, 0.2) is 0 Å². The molecular weight excluding hydrogens is 366 g/mol. The normalized spacial score (nSPS) is 25.2. The molecule has 5 nitrogen and oxygen atoms in total. The Bertz CT molecular complexity index is 817. The maximum absolute atomic E-state index is 4.95. The number of rotatable bonds is 3. The van der Waals surface area contributed by atoms with Gasteiger partial charge in [-0.2, -0.15) is 0 Å². The minimum absolute atomic E-state index is 0.0664. The minimum Gasteiger partial charge on any atom is -0.356 e. The molecule has 0 amide bonds. The highest BCUT2D eigenvalue weighted by atomic mass is 32.1. The Labute approximate surface area is 172 Å². The van der Waals surface area contributed by atoms with Gasteiger partial charge in [0, 0.05) is 42.5 Å². The number of likely N-dealkylation sites (tertiary alicyclic amines) is 1. The van der Waals surface area contributed by atoms with E-state index in [0.717, 1.165) is 43.0 Å². The van der Waals surface area contributed by atoms with E-state index in [2.05, 4.69) is 46.6 Å². The molecule has 2 atom stereocenters. The molecule has 5 rings (SSSR count). The minimum atomic E-state index is 0.0664. The third kappa shape index (κ3) is 3.57. The van der Waals surface area contributed by atoms with Crippen LogP contribution in [0.15, 0.2) is 12.4 Å². The Balaban J connectivity index is 1.21. The fraction of sp³-hybridized carbons (Fsp3) is 0.682. The Hall–Kier alpha value is -1.53. The van der Waals surface area contributed by atoms with Crippen molar-refractivity contribution in [3.63, 3.8) is 0 Å². The lowest BCUT2D eigenvalue weighted by molar-refractivity contribution is 0.308. The number of hydrogen-bond donors (Lipinski definition) is 0. The van der Waals surface area contributed by atoms with Crippen LogP contribution in [0.2, 0.25) is 0 Å². The molecule has 28 heavy (non-hydrogen) atoms. The summed E-state index contributed by atoms with van der Waals surface area (Å²) in [5.74, 6) is 2.61. The van der Waals surface area contributed by atoms with E-state index in [1.54, 1.807) is 11.2 Å². The molecule has 0 aromatic carbocycles. The highest BCUT2D eigenvalue weighted by molar-refractivity contribution is 7.11. The molecule has 150 valence electrons. The molecule has 6 heteroatoms. The molecule has 0 N–H and O–H groups in total. The Morgan fingerprint density at radius 1 is 1.04 bits per heavy atom. The van der Waals surface area contributed by atoms with Crippen molar-refractivity contribution >= 4 is 17.2 Å². The summed E-state index contributed by atoms with van der Waals surface area (Å²) < 4.78 is 0. The lowest BCUT2D eigenvalue weighted by Crippen LogP contribution is -2.29. The maximum atomic E-state index is 4.95. The highest BCUT2D eigenvalue weighted by Gasteiger charge is 2.40.